The molecule has 0 spiro atoms. The van der Waals surface area contributed by atoms with Gasteiger partial charge in [0.05, 0.1) is 5.56 Å². The minimum absolute atomic E-state index is 0.0854. The number of aromatic amines is 1. The molecule has 1 rings (SSSR count). The van der Waals surface area contributed by atoms with Gasteiger partial charge in [-0.15, -0.1) is 0 Å². The number of hydrogen-bond acceptors (Lipinski definition) is 2. The molecule has 0 aliphatic rings. The number of ketones is 1. The third-order valence-electron chi connectivity index (χ3n) is 1.24. The Kier molecular flexibility index (Phi) is 1.55. The summed E-state index contributed by atoms with van der Waals surface area (Å²) in [4.78, 5) is 13.4. The molecule has 0 saturated carbocycles. The summed E-state index contributed by atoms with van der Waals surface area (Å²) in [5.41, 5.74) is 0.801. The van der Waals surface area contributed by atoms with Gasteiger partial charge < -0.3 is 4.98 Å². The average molecular weight is 134 g/mol. The zero-order valence-electron chi connectivity index (χ0n) is 5.51. The van der Waals surface area contributed by atoms with Crippen LogP contribution in [0.15, 0.2) is 12.3 Å². The van der Waals surface area contributed by atoms with Crippen molar-refractivity contribution >= 4 is 5.78 Å². The molecule has 0 radical (unpaired) electrons. The van der Waals surface area contributed by atoms with E-state index in [-0.39, 0.29) is 5.78 Å². The number of carbonyl (C=O) groups is 1. The second-order valence-corrected chi connectivity index (χ2v) is 1.93. The van der Waals surface area contributed by atoms with Gasteiger partial charge in [0, 0.05) is 6.20 Å². The van der Waals surface area contributed by atoms with E-state index in [9.17, 15) is 4.79 Å². The lowest BCUT2D eigenvalue weighted by molar-refractivity contribution is 0.101. The Morgan fingerprint density at radius 2 is 2.50 bits per heavy atom. The highest BCUT2D eigenvalue weighted by molar-refractivity contribution is 5.96. The van der Waals surface area contributed by atoms with Gasteiger partial charge in [-0.1, -0.05) is 0 Å². The van der Waals surface area contributed by atoms with E-state index in [1.807, 2.05) is 6.07 Å². The average Bonchev–Trinajstić information content (AvgIpc) is 2.33. The Morgan fingerprint density at radius 3 is 2.90 bits per heavy atom. The van der Waals surface area contributed by atoms with Crippen LogP contribution >= 0.6 is 0 Å². The number of aromatic nitrogens is 1. The topological polar surface area (TPSA) is 56.6 Å². The lowest BCUT2D eigenvalue weighted by Gasteiger charge is -1.86. The Morgan fingerprint density at radius 1 is 1.80 bits per heavy atom. The van der Waals surface area contributed by atoms with Gasteiger partial charge in [0.2, 0.25) is 0 Å². The molecular weight excluding hydrogens is 128 g/mol. The Balaban J connectivity index is 3.17. The Labute approximate surface area is 58.3 Å². The normalized spacial score (nSPS) is 8.80. The predicted octanol–water partition coefficient (Wildman–Crippen LogP) is 1.09. The van der Waals surface area contributed by atoms with Crippen LogP contribution in [0.25, 0.3) is 0 Å². The number of rotatable bonds is 1. The molecule has 3 heteroatoms. The van der Waals surface area contributed by atoms with Crippen molar-refractivity contribution in [2.24, 2.45) is 0 Å². The summed E-state index contributed by atoms with van der Waals surface area (Å²) in [7, 11) is 0. The van der Waals surface area contributed by atoms with E-state index in [0.717, 1.165) is 0 Å². The van der Waals surface area contributed by atoms with Crippen LogP contribution < -0.4 is 0 Å². The van der Waals surface area contributed by atoms with Crippen molar-refractivity contribution in [3.8, 4) is 6.07 Å². The zero-order valence-corrected chi connectivity index (χ0v) is 5.51. The summed E-state index contributed by atoms with van der Waals surface area (Å²) in [6.07, 6.45) is 1.58. The van der Waals surface area contributed by atoms with E-state index in [0.29, 0.717) is 11.3 Å². The molecule has 0 saturated heterocycles. The molecule has 3 nitrogen and oxygen atoms in total. The van der Waals surface area contributed by atoms with Gasteiger partial charge >= 0.3 is 0 Å². The molecule has 1 aromatic heterocycles. The van der Waals surface area contributed by atoms with Crippen LogP contribution in [0.2, 0.25) is 0 Å². The van der Waals surface area contributed by atoms with E-state index in [4.69, 9.17) is 5.26 Å². The molecule has 0 unspecified atom stereocenters. The van der Waals surface area contributed by atoms with Crippen LogP contribution in [0.1, 0.15) is 23.0 Å². The van der Waals surface area contributed by atoms with Gasteiger partial charge in [-0.2, -0.15) is 5.26 Å². The van der Waals surface area contributed by atoms with Crippen molar-refractivity contribution in [3.05, 3.63) is 23.5 Å². The number of nitrogens with zero attached hydrogens (tertiary/aromatic N) is 1. The van der Waals surface area contributed by atoms with E-state index in [1.165, 1.54) is 6.92 Å². The quantitative estimate of drug-likeness (QED) is 0.584. The van der Waals surface area contributed by atoms with E-state index in [1.54, 1.807) is 12.3 Å². The third-order valence-corrected chi connectivity index (χ3v) is 1.24. The fourth-order valence-corrected chi connectivity index (χ4v) is 0.755. The van der Waals surface area contributed by atoms with E-state index in [2.05, 4.69) is 4.98 Å². The highest BCUT2D eigenvalue weighted by Crippen LogP contribution is 2.04. The van der Waals surface area contributed by atoms with Crippen molar-refractivity contribution in [1.29, 1.82) is 5.26 Å². The van der Waals surface area contributed by atoms with E-state index >= 15 is 0 Å². The molecular formula is C7H6N2O. The van der Waals surface area contributed by atoms with Crippen molar-refractivity contribution in [2.45, 2.75) is 6.92 Å². The van der Waals surface area contributed by atoms with Crippen LogP contribution in [0.5, 0.6) is 0 Å². The fourth-order valence-electron chi connectivity index (χ4n) is 0.755. The van der Waals surface area contributed by atoms with Crippen molar-refractivity contribution in [1.82, 2.24) is 4.98 Å². The maximum atomic E-state index is 10.7. The number of H-pyrrole nitrogens is 1. The second-order valence-electron chi connectivity index (χ2n) is 1.93. The summed E-state index contributed by atoms with van der Waals surface area (Å²) >= 11 is 0. The molecule has 0 aliphatic heterocycles. The number of hydrogen-bond donors (Lipinski definition) is 1. The summed E-state index contributed by atoms with van der Waals surface area (Å²) < 4.78 is 0. The van der Waals surface area contributed by atoms with Crippen molar-refractivity contribution < 1.29 is 4.79 Å². The summed E-state index contributed by atoms with van der Waals surface area (Å²) in [5, 5.41) is 8.42. The van der Waals surface area contributed by atoms with Crippen molar-refractivity contribution in [2.75, 3.05) is 0 Å². The first-order chi connectivity index (χ1) is 4.75. The van der Waals surface area contributed by atoms with Crippen LogP contribution in [-0.2, 0) is 0 Å². The third kappa shape index (κ3) is 0.914. The highest BCUT2D eigenvalue weighted by Gasteiger charge is 2.05. The Bertz CT molecular complexity index is 293. The summed E-state index contributed by atoms with van der Waals surface area (Å²) in [6, 6.07) is 3.48. The van der Waals surface area contributed by atoms with Gasteiger partial charge in [0.25, 0.3) is 0 Å². The SMILES string of the molecule is CC(=O)c1cc[nH]c1C#N. The minimum atomic E-state index is -0.0854. The molecule has 0 aliphatic carbocycles. The van der Waals surface area contributed by atoms with Crippen molar-refractivity contribution in [3.63, 3.8) is 0 Å². The maximum absolute atomic E-state index is 10.7. The first-order valence-corrected chi connectivity index (χ1v) is 2.84. The monoisotopic (exact) mass is 134 g/mol. The van der Waals surface area contributed by atoms with Crippen LogP contribution in [0.3, 0.4) is 0 Å². The van der Waals surface area contributed by atoms with Crippen LogP contribution in [0, 0.1) is 11.3 Å². The first kappa shape index (κ1) is 6.56. The fraction of sp³-hybridized carbons (Fsp3) is 0.143. The summed E-state index contributed by atoms with van der Waals surface area (Å²) in [5.74, 6) is -0.0854. The first-order valence-electron chi connectivity index (χ1n) is 2.84. The maximum Gasteiger partial charge on any atom is 0.162 e. The molecule has 10 heavy (non-hydrogen) atoms. The Hall–Kier alpha value is -1.56. The lowest BCUT2D eigenvalue weighted by Crippen LogP contribution is -1.92. The molecule has 0 fully saturated rings. The smallest absolute Gasteiger partial charge is 0.162 e. The number of nitrogens with one attached hydrogen (secondary N) is 1. The minimum Gasteiger partial charge on any atom is -0.353 e. The van der Waals surface area contributed by atoms with Crippen LogP contribution in [0.4, 0.5) is 0 Å². The predicted molar refractivity (Wildman–Crippen MR) is 35.5 cm³/mol. The molecule has 1 aromatic rings. The van der Waals surface area contributed by atoms with Crippen LogP contribution in [-0.4, -0.2) is 10.8 Å². The molecule has 1 N–H and O–H groups in total. The second kappa shape index (κ2) is 2.36. The lowest BCUT2D eigenvalue weighted by atomic mass is 10.2. The molecule has 50 valence electrons. The van der Waals surface area contributed by atoms with Gasteiger partial charge in [-0.05, 0) is 13.0 Å². The van der Waals surface area contributed by atoms with Gasteiger partial charge in [-0.3, -0.25) is 4.79 Å². The van der Waals surface area contributed by atoms with Gasteiger partial charge in [0.15, 0.2) is 5.78 Å². The molecule has 0 atom stereocenters. The van der Waals surface area contributed by atoms with Gasteiger partial charge in [0.1, 0.15) is 11.8 Å². The van der Waals surface area contributed by atoms with Gasteiger partial charge in [-0.25, -0.2) is 0 Å². The largest absolute Gasteiger partial charge is 0.353 e. The molecule has 0 aromatic carbocycles. The molecule has 0 amide bonds. The number of carbonyl (C=O) groups excluding carboxylic acids is 1. The van der Waals surface area contributed by atoms with E-state index < -0.39 is 0 Å². The molecule has 1 heterocycles. The number of nitriles is 1. The molecule has 0 bridgehead atoms. The number of Topliss-reactive ketones (excluding diaryl/α,β-unsaturated/α-hetero) is 1. The standard InChI is InChI=1S/C7H6N2O/c1-5(10)6-2-3-9-7(6)4-8/h2-3,9H,1H3. The summed E-state index contributed by atoms with van der Waals surface area (Å²) in [6.45, 7) is 1.43. The highest BCUT2D eigenvalue weighted by atomic mass is 16.1. The zero-order chi connectivity index (χ0) is 7.56.